The average molecular weight is 321 g/mol. The zero-order valence-corrected chi connectivity index (χ0v) is 9.32. The first-order valence-electron chi connectivity index (χ1n) is 2.81. The molecule has 0 aromatic heterocycles. The predicted molar refractivity (Wildman–Crippen MR) is 52.2 cm³/mol. The van der Waals surface area contributed by atoms with E-state index in [0.29, 0.717) is 0 Å². The molecular weight excluding hydrogens is 317 g/mol. The van der Waals surface area contributed by atoms with Crippen LogP contribution in [0, 0.1) is 9.39 Å². The van der Waals surface area contributed by atoms with E-state index in [1.165, 1.54) is 12.1 Å². The van der Waals surface area contributed by atoms with Gasteiger partial charge in [-0.15, -0.1) is 0 Å². The maximum atomic E-state index is 13.0. The number of benzene rings is 1. The normalized spacial score (nSPS) is 11.6. The predicted octanol–water partition coefficient (Wildman–Crippen LogP) is 2.36. The van der Waals surface area contributed by atoms with Crippen LogP contribution in [0.2, 0.25) is 0 Å². The van der Waals surface area contributed by atoms with Crippen molar-refractivity contribution in [1.29, 1.82) is 0 Å². The lowest BCUT2D eigenvalue weighted by molar-refractivity contribution is 0.571. The highest BCUT2D eigenvalue weighted by Crippen LogP contribution is 2.22. The van der Waals surface area contributed by atoms with Crippen LogP contribution in [0.4, 0.5) is 4.39 Å². The van der Waals surface area contributed by atoms with E-state index in [4.69, 9.17) is 10.7 Å². The lowest BCUT2D eigenvalue weighted by Crippen LogP contribution is -1.96. The lowest BCUT2D eigenvalue weighted by atomic mass is 10.3. The summed E-state index contributed by atoms with van der Waals surface area (Å²) < 4.78 is 34.7. The Hall–Kier alpha value is 0.120. The first-order chi connectivity index (χ1) is 5.43. The monoisotopic (exact) mass is 320 g/mol. The second-order valence-electron chi connectivity index (χ2n) is 1.99. The minimum absolute atomic E-state index is 0.231. The smallest absolute Gasteiger partial charge is 0.207 e. The fourth-order valence-corrected chi connectivity index (χ4v) is 2.28. The van der Waals surface area contributed by atoms with Crippen LogP contribution in [0.25, 0.3) is 0 Å². The molecular formula is C6H3ClFIO2S. The molecule has 0 spiro atoms. The second-order valence-corrected chi connectivity index (χ2v) is 5.69. The average Bonchev–Trinajstić information content (AvgIpc) is 1.92. The summed E-state index contributed by atoms with van der Waals surface area (Å²) in [6, 6.07) is 4.02. The van der Waals surface area contributed by atoms with E-state index < -0.39 is 19.8 Å². The largest absolute Gasteiger partial charge is 0.264 e. The molecule has 6 heteroatoms. The van der Waals surface area contributed by atoms with Crippen molar-refractivity contribution in [1.82, 2.24) is 0 Å². The zero-order chi connectivity index (χ0) is 9.35. The minimum atomic E-state index is -3.96. The van der Waals surface area contributed by atoms with E-state index in [1.54, 1.807) is 22.6 Å². The third kappa shape index (κ3) is 2.08. The van der Waals surface area contributed by atoms with E-state index in [0.717, 1.165) is 6.07 Å². The molecule has 0 aliphatic carbocycles. The summed E-state index contributed by atoms with van der Waals surface area (Å²) in [4.78, 5) is -0.476. The molecule has 66 valence electrons. The van der Waals surface area contributed by atoms with Gasteiger partial charge in [-0.25, -0.2) is 12.8 Å². The van der Waals surface area contributed by atoms with Crippen LogP contribution in [0.5, 0.6) is 0 Å². The zero-order valence-electron chi connectivity index (χ0n) is 5.59. The van der Waals surface area contributed by atoms with Crippen molar-refractivity contribution >= 4 is 42.3 Å². The van der Waals surface area contributed by atoms with Crippen molar-refractivity contribution < 1.29 is 12.8 Å². The second kappa shape index (κ2) is 3.47. The van der Waals surface area contributed by atoms with Gasteiger partial charge >= 0.3 is 0 Å². The van der Waals surface area contributed by atoms with Crippen LogP contribution >= 0.6 is 33.3 Å². The van der Waals surface area contributed by atoms with E-state index in [1.807, 2.05) is 0 Å². The maximum Gasteiger partial charge on any atom is 0.264 e. The van der Waals surface area contributed by atoms with Crippen molar-refractivity contribution in [2.75, 3.05) is 0 Å². The molecule has 0 fully saturated rings. The summed E-state index contributed by atoms with van der Waals surface area (Å²) in [5.41, 5.74) is 0. The number of hydrogen-bond donors (Lipinski definition) is 0. The SMILES string of the molecule is O=S(=O)(Cl)c1cccc(I)c1F. The van der Waals surface area contributed by atoms with Crippen molar-refractivity contribution in [2.45, 2.75) is 4.90 Å². The van der Waals surface area contributed by atoms with E-state index >= 15 is 0 Å². The standard InChI is InChI=1S/C6H3ClFIO2S/c7-12(10,11)5-3-1-2-4(9)6(5)8/h1-3H. The number of rotatable bonds is 1. The molecule has 0 radical (unpaired) electrons. The lowest BCUT2D eigenvalue weighted by Gasteiger charge is -1.98. The van der Waals surface area contributed by atoms with Gasteiger partial charge in [0.2, 0.25) is 0 Å². The summed E-state index contributed by atoms with van der Waals surface area (Å²) in [5.74, 6) is -0.798. The Labute approximate surface area is 87.3 Å². The van der Waals surface area contributed by atoms with E-state index in [-0.39, 0.29) is 3.57 Å². The Bertz CT molecular complexity index is 404. The van der Waals surface area contributed by atoms with Gasteiger partial charge in [0.05, 0.1) is 3.57 Å². The first kappa shape index (κ1) is 10.2. The quantitative estimate of drug-likeness (QED) is 0.588. The molecule has 1 aromatic rings. The number of halogens is 3. The molecule has 2 nitrogen and oxygen atoms in total. The van der Waals surface area contributed by atoms with Crippen molar-refractivity contribution in [3.8, 4) is 0 Å². The van der Waals surface area contributed by atoms with Crippen molar-refractivity contribution in [2.24, 2.45) is 0 Å². The molecule has 0 saturated heterocycles. The molecule has 0 unspecified atom stereocenters. The van der Waals surface area contributed by atoms with Gasteiger partial charge < -0.3 is 0 Å². The third-order valence-corrected chi connectivity index (χ3v) is 3.35. The molecule has 0 amide bonds. The Morgan fingerprint density at radius 2 is 2.00 bits per heavy atom. The van der Waals surface area contributed by atoms with Gasteiger partial charge in [0.1, 0.15) is 4.90 Å². The first-order valence-corrected chi connectivity index (χ1v) is 6.20. The molecule has 0 aliphatic rings. The Kier molecular flexibility index (Phi) is 2.95. The highest BCUT2D eigenvalue weighted by Gasteiger charge is 2.17. The fourth-order valence-electron chi connectivity index (χ4n) is 0.672. The third-order valence-electron chi connectivity index (χ3n) is 1.18. The Morgan fingerprint density at radius 1 is 1.42 bits per heavy atom. The van der Waals surface area contributed by atoms with Gasteiger partial charge in [0.25, 0.3) is 9.05 Å². The van der Waals surface area contributed by atoms with Crippen LogP contribution in [0.3, 0.4) is 0 Å². The van der Waals surface area contributed by atoms with Crippen LogP contribution < -0.4 is 0 Å². The topological polar surface area (TPSA) is 34.1 Å². The molecule has 1 aromatic carbocycles. The maximum absolute atomic E-state index is 13.0. The molecule has 0 heterocycles. The van der Waals surface area contributed by atoms with Gasteiger partial charge in [0.15, 0.2) is 5.82 Å². The summed E-state index contributed by atoms with van der Waals surface area (Å²) in [6.07, 6.45) is 0. The van der Waals surface area contributed by atoms with Gasteiger partial charge in [0, 0.05) is 10.7 Å². The Balaban J connectivity index is 3.47. The Morgan fingerprint density at radius 3 is 2.42 bits per heavy atom. The minimum Gasteiger partial charge on any atom is -0.207 e. The molecule has 0 bridgehead atoms. The molecule has 1 rings (SSSR count). The van der Waals surface area contributed by atoms with E-state index in [9.17, 15) is 12.8 Å². The summed E-state index contributed by atoms with van der Waals surface area (Å²) in [7, 11) is 1.00. The van der Waals surface area contributed by atoms with Gasteiger partial charge in [-0.05, 0) is 34.7 Å². The molecule has 0 N–H and O–H groups in total. The van der Waals surface area contributed by atoms with Crippen LogP contribution in [0.1, 0.15) is 0 Å². The van der Waals surface area contributed by atoms with Gasteiger partial charge in [-0.3, -0.25) is 0 Å². The van der Waals surface area contributed by atoms with Crippen LogP contribution in [0.15, 0.2) is 23.1 Å². The van der Waals surface area contributed by atoms with Gasteiger partial charge in [-0.1, -0.05) is 6.07 Å². The summed E-state index contributed by atoms with van der Waals surface area (Å²) in [6.45, 7) is 0. The highest BCUT2D eigenvalue weighted by atomic mass is 127. The van der Waals surface area contributed by atoms with Crippen molar-refractivity contribution in [3.63, 3.8) is 0 Å². The molecule has 0 saturated carbocycles. The van der Waals surface area contributed by atoms with Crippen LogP contribution in [-0.4, -0.2) is 8.42 Å². The molecule has 12 heavy (non-hydrogen) atoms. The molecule has 0 atom stereocenters. The summed E-state index contributed by atoms with van der Waals surface area (Å²) in [5, 5.41) is 0. The van der Waals surface area contributed by atoms with Crippen molar-refractivity contribution in [3.05, 3.63) is 27.6 Å². The molecule has 0 aliphatic heterocycles. The summed E-state index contributed by atoms with van der Waals surface area (Å²) >= 11 is 1.69. The highest BCUT2D eigenvalue weighted by molar-refractivity contribution is 14.1. The fraction of sp³-hybridized carbons (Fsp3) is 0. The van der Waals surface area contributed by atoms with Crippen LogP contribution in [-0.2, 0) is 9.05 Å². The van der Waals surface area contributed by atoms with E-state index in [2.05, 4.69) is 0 Å². The van der Waals surface area contributed by atoms with Gasteiger partial charge in [-0.2, -0.15) is 0 Å². The number of hydrogen-bond acceptors (Lipinski definition) is 2.